The number of ketones is 1. The molecule has 0 unspecified atom stereocenters. The molecule has 2 N–H and O–H groups in total. The maximum atomic E-state index is 13.2. The van der Waals surface area contributed by atoms with Crippen LogP contribution in [-0.2, 0) is 4.79 Å². The lowest BCUT2D eigenvalue weighted by atomic mass is 10.1. The van der Waals surface area contributed by atoms with Gasteiger partial charge in [-0.3, -0.25) is 14.4 Å². The molecular weight excluding hydrogens is 539 g/mol. The Morgan fingerprint density at radius 1 is 0.711 bits per heavy atom. The van der Waals surface area contributed by atoms with Gasteiger partial charge in [-0.25, -0.2) is 0 Å². The topological polar surface area (TPSA) is 75.3 Å². The molecule has 0 aliphatic rings. The van der Waals surface area contributed by atoms with Crippen molar-refractivity contribution in [3.05, 3.63) is 136 Å². The molecular formula is C30H22Cl2N2O3S. The van der Waals surface area contributed by atoms with Crippen LogP contribution in [0, 0.1) is 0 Å². The van der Waals surface area contributed by atoms with Crippen LogP contribution in [0.3, 0.4) is 0 Å². The molecule has 0 aliphatic carbocycles. The minimum absolute atomic E-state index is 0.00446. The summed E-state index contributed by atoms with van der Waals surface area (Å²) in [6.45, 7) is 0. The molecule has 2 amide bonds. The fourth-order valence-electron chi connectivity index (χ4n) is 3.37. The highest BCUT2D eigenvalue weighted by molar-refractivity contribution is 8.00. The van der Waals surface area contributed by atoms with Gasteiger partial charge in [-0.2, -0.15) is 0 Å². The normalized spacial score (nSPS) is 11.1. The van der Waals surface area contributed by atoms with Crippen LogP contribution in [0.1, 0.15) is 26.3 Å². The van der Waals surface area contributed by atoms with E-state index in [0.717, 1.165) is 4.90 Å². The summed E-state index contributed by atoms with van der Waals surface area (Å²) in [4.78, 5) is 39.2. The predicted octanol–water partition coefficient (Wildman–Crippen LogP) is 7.38. The van der Waals surface area contributed by atoms with E-state index in [1.54, 1.807) is 91.0 Å². The van der Waals surface area contributed by atoms with Crippen molar-refractivity contribution in [2.24, 2.45) is 0 Å². The summed E-state index contributed by atoms with van der Waals surface area (Å²) in [5.74, 6) is -0.622. The number of carbonyl (C=O) groups is 3. The Hall–Kier alpha value is -3.84. The average Bonchev–Trinajstić information content (AvgIpc) is 2.94. The Kier molecular flexibility index (Phi) is 9.38. The summed E-state index contributed by atoms with van der Waals surface area (Å²) in [5.41, 5.74) is 2.35. The molecule has 0 aromatic heterocycles. The van der Waals surface area contributed by atoms with Crippen LogP contribution in [-0.4, -0.2) is 23.4 Å². The van der Waals surface area contributed by atoms with Crippen molar-refractivity contribution in [2.45, 2.75) is 4.90 Å². The van der Waals surface area contributed by atoms with Crippen molar-refractivity contribution in [3.63, 3.8) is 0 Å². The minimum atomic E-state index is -0.484. The number of rotatable bonds is 9. The van der Waals surface area contributed by atoms with Gasteiger partial charge in [0.25, 0.3) is 11.8 Å². The van der Waals surface area contributed by atoms with E-state index in [2.05, 4.69) is 10.6 Å². The number of carbonyl (C=O) groups excluding carboxylic acids is 3. The summed E-state index contributed by atoms with van der Waals surface area (Å²) in [7, 11) is 0. The van der Waals surface area contributed by atoms with E-state index in [1.807, 2.05) is 18.2 Å². The van der Waals surface area contributed by atoms with E-state index in [1.165, 1.54) is 11.8 Å². The van der Waals surface area contributed by atoms with Gasteiger partial charge < -0.3 is 10.6 Å². The highest BCUT2D eigenvalue weighted by Gasteiger charge is 2.15. The van der Waals surface area contributed by atoms with E-state index in [0.29, 0.717) is 32.4 Å². The van der Waals surface area contributed by atoms with Crippen molar-refractivity contribution in [1.82, 2.24) is 5.32 Å². The van der Waals surface area contributed by atoms with Crippen LogP contribution in [0.5, 0.6) is 0 Å². The van der Waals surface area contributed by atoms with E-state index in [4.69, 9.17) is 23.2 Å². The van der Waals surface area contributed by atoms with Crippen molar-refractivity contribution in [2.75, 3.05) is 11.1 Å². The minimum Gasteiger partial charge on any atom is -0.321 e. The van der Waals surface area contributed by atoms with Gasteiger partial charge in [-0.15, -0.1) is 11.8 Å². The quantitative estimate of drug-likeness (QED) is 0.127. The van der Waals surface area contributed by atoms with Crippen molar-refractivity contribution >= 4 is 64.3 Å². The number of thioether (sulfide) groups is 1. The molecule has 190 valence electrons. The van der Waals surface area contributed by atoms with Gasteiger partial charge in [0.2, 0.25) is 0 Å². The van der Waals surface area contributed by atoms with Gasteiger partial charge in [-0.05, 0) is 84.4 Å². The first-order valence-corrected chi connectivity index (χ1v) is 13.3. The lowest BCUT2D eigenvalue weighted by molar-refractivity contribution is -0.113. The molecule has 0 spiro atoms. The van der Waals surface area contributed by atoms with Crippen LogP contribution in [0.25, 0.3) is 6.08 Å². The van der Waals surface area contributed by atoms with Gasteiger partial charge in [0.15, 0.2) is 5.78 Å². The third-order valence-corrected chi connectivity index (χ3v) is 6.87. The van der Waals surface area contributed by atoms with E-state index in [-0.39, 0.29) is 17.2 Å². The molecule has 0 atom stereocenters. The number of halogens is 2. The van der Waals surface area contributed by atoms with Crippen LogP contribution in [0.4, 0.5) is 5.69 Å². The maximum absolute atomic E-state index is 13.2. The molecule has 0 radical (unpaired) electrons. The molecule has 0 aliphatic heterocycles. The summed E-state index contributed by atoms with van der Waals surface area (Å²) < 4.78 is 0. The molecule has 8 heteroatoms. The van der Waals surface area contributed by atoms with Gasteiger partial charge >= 0.3 is 0 Å². The monoisotopic (exact) mass is 560 g/mol. The lowest BCUT2D eigenvalue weighted by Crippen LogP contribution is -2.30. The van der Waals surface area contributed by atoms with Crippen molar-refractivity contribution < 1.29 is 14.4 Å². The summed E-state index contributed by atoms with van der Waals surface area (Å²) in [5, 5.41) is 6.67. The zero-order valence-electron chi connectivity index (χ0n) is 20.0. The summed E-state index contributed by atoms with van der Waals surface area (Å²) >= 11 is 13.3. The third kappa shape index (κ3) is 7.83. The first-order chi connectivity index (χ1) is 18.4. The Morgan fingerprint density at radius 3 is 1.95 bits per heavy atom. The number of anilines is 1. The second kappa shape index (κ2) is 13.1. The Morgan fingerprint density at radius 2 is 1.32 bits per heavy atom. The van der Waals surface area contributed by atoms with Crippen LogP contribution >= 0.6 is 35.0 Å². The molecule has 4 aromatic carbocycles. The molecule has 0 saturated carbocycles. The van der Waals surface area contributed by atoms with E-state index < -0.39 is 11.8 Å². The zero-order valence-corrected chi connectivity index (χ0v) is 22.3. The molecule has 5 nitrogen and oxygen atoms in total. The van der Waals surface area contributed by atoms with Gasteiger partial charge in [-0.1, -0.05) is 53.5 Å². The number of benzene rings is 4. The van der Waals surface area contributed by atoms with Crippen molar-refractivity contribution in [1.29, 1.82) is 0 Å². The highest BCUT2D eigenvalue weighted by Crippen LogP contribution is 2.22. The van der Waals surface area contributed by atoms with Crippen LogP contribution in [0.2, 0.25) is 10.0 Å². The molecule has 0 fully saturated rings. The molecule has 4 aromatic rings. The van der Waals surface area contributed by atoms with Crippen LogP contribution in [0.15, 0.2) is 114 Å². The second-order valence-corrected chi connectivity index (χ2v) is 10.0. The predicted molar refractivity (Wildman–Crippen MR) is 155 cm³/mol. The third-order valence-electron chi connectivity index (χ3n) is 5.36. The van der Waals surface area contributed by atoms with Gasteiger partial charge in [0.1, 0.15) is 5.70 Å². The fourth-order valence-corrected chi connectivity index (χ4v) is 4.41. The molecule has 0 heterocycles. The largest absolute Gasteiger partial charge is 0.321 e. The smallest absolute Gasteiger partial charge is 0.272 e. The lowest BCUT2D eigenvalue weighted by Gasteiger charge is -2.12. The Bertz CT molecular complexity index is 1450. The first kappa shape index (κ1) is 27.2. The molecule has 4 rings (SSSR count). The van der Waals surface area contributed by atoms with Crippen LogP contribution < -0.4 is 10.6 Å². The Labute approximate surface area is 234 Å². The Balaban J connectivity index is 1.43. The summed E-state index contributed by atoms with van der Waals surface area (Å²) in [6.07, 6.45) is 1.58. The molecule has 0 saturated heterocycles. The zero-order chi connectivity index (χ0) is 26.9. The standard InChI is InChI=1S/C30H22Cl2N2O3S/c31-23-10-6-20(7-11-23)18-27(34-29(36)22-4-2-1-3-5-22)30(37)33-25-14-16-26(17-15-25)38-19-28(35)21-8-12-24(32)13-9-21/h1-18H,19H2,(H,33,37)(H,34,36)/b27-18-. The molecule has 38 heavy (non-hydrogen) atoms. The van der Waals surface area contributed by atoms with Gasteiger partial charge in [0.05, 0.1) is 5.75 Å². The maximum Gasteiger partial charge on any atom is 0.272 e. The number of hydrogen-bond acceptors (Lipinski definition) is 4. The highest BCUT2D eigenvalue weighted by atomic mass is 35.5. The first-order valence-electron chi connectivity index (χ1n) is 11.5. The number of Topliss-reactive ketones (excluding diaryl/α,β-unsaturated/α-hetero) is 1. The second-order valence-electron chi connectivity index (χ2n) is 8.13. The summed E-state index contributed by atoms with van der Waals surface area (Å²) in [6, 6.07) is 29.5. The SMILES string of the molecule is O=C(Nc1ccc(SCC(=O)c2ccc(Cl)cc2)cc1)/C(=C/c1ccc(Cl)cc1)NC(=O)c1ccccc1. The number of nitrogens with one attached hydrogen (secondary N) is 2. The average molecular weight is 561 g/mol. The van der Waals surface area contributed by atoms with E-state index in [9.17, 15) is 14.4 Å². The van der Waals surface area contributed by atoms with Crippen molar-refractivity contribution in [3.8, 4) is 0 Å². The molecule has 0 bridgehead atoms. The van der Waals surface area contributed by atoms with Gasteiger partial charge in [0, 0.05) is 31.8 Å². The fraction of sp³-hybridized carbons (Fsp3) is 0.0333. The number of amides is 2. The van der Waals surface area contributed by atoms with E-state index >= 15 is 0 Å². The number of hydrogen-bond donors (Lipinski definition) is 2.